The van der Waals surface area contributed by atoms with Crippen molar-refractivity contribution in [2.75, 3.05) is 6.61 Å². The normalized spacial score (nSPS) is 42.2. The molecule has 2 aliphatic carbocycles. The highest BCUT2D eigenvalue weighted by Gasteiger charge is 2.92. The van der Waals surface area contributed by atoms with E-state index in [1.165, 1.54) is 0 Å². The maximum atomic E-state index is 11.2. The van der Waals surface area contributed by atoms with Crippen molar-refractivity contribution in [3.8, 4) is 0 Å². The monoisotopic (exact) mass is 342 g/mol. The van der Waals surface area contributed by atoms with Crippen LogP contribution in [0.25, 0.3) is 0 Å². The molecule has 0 aromatic heterocycles. The summed E-state index contributed by atoms with van der Waals surface area (Å²) in [4.78, 5) is 0. The van der Waals surface area contributed by atoms with Crippen LogP contribution in [-0.2, 0) is 0 Å². The van der Waals surface area contributed by atoms with Gasteiger partial charge in [0.2, 0.25) is 0 Å². The fraction of sp³-hybridized carbons (Fsp3) is 0.400. The summed E-state index contributed by atoms with van der Waals surface area (Å²) in [5.41, 5.74) is -3.70. The van der Waals surface area contributed by atoms with Crippen molar-refractivity contribution in [2.24, 2.45) is 0 Å². The summed E-state index contributed by atoms with van der Waals surface area (Å²) >= 11 is 0. The maximum absolute atomic E-state index is 11.2. The third kappa shape index (κ3) is 1.70. The standard InChI is InChI=1S/C20H22O5/c1-12-7-9-14(10-8-12)16-18(23,11-21)20(25)15(17(22)19(16,20)24)13-5-3-2-4-6-13/h2-10,15-17,21-25H,11H2,1H3/t15?,16?,17?,18-,19-,20-/m0/s1. The predicted molar refractivity (Wildman–Crippen MR) is 91.0 cm³/mol. The number of rotatable bonds is 3. The van der Waals surface area contributed by atoms with Crippen molar-refractivity contribution >= 4 is 0 Å². The second-order valence-corrected chi connectivity index (χ2v) is 7.35. The minimum absolute atomic E-state index is 0.569. The lowest BCUT2D eigenvalue weighted by molar-refractivity contribution is -0.448. The fourth-order valence-corrected chi connectivity index (χ4v) is 4.96. The highest BCUT2D eigenvalue weighted by atomic mass is 16.4. The minimum Gasteiger partial charge on any atom is -0.393 e. The number of benzene rings is 2. The van der Waals surface area contributed by atoms with Crippen molar-refractivity contribution in [2.45, 2.75) is 41.7 Å². The summed E-state index contributed by atoms with van der Waals surface area (Å²) in [7, 11) is 0. The highest BCUT2D eigenvalue weighted by Crippen LogP contribution is 2.74. The molecule has 0 radical (unpaired) electrons. The Kier molecular flexibility index (Phi) is 3.42. The molecule has 5 heteroatoms. The average molecular weight is 342 g/mol. The van der Waals surface area contributed by atoms with Gasteiger partial charge in [0.05, 0.1) is 18.6 Å². The molecule has 3 unspecified atom stereocenters. The van der Waals surface area contributed by atoms with Crippen LogP contribution in [0.5, 0.6) is 0 Å². The molecule has 4 rings (SSSR count). The molecule has 2 aliphatic rings. The first-order valence-electron chi connectivity index (χ1n) is 8.40. The molecular formula is C20H22O5. The van der Waals surface area contributed by atoms with Crippen LogP contribution in [0.15, 0.2) is 54.6 Å². The van der Waals surface area contributed by atoms with Gasteiger partial charge in [0.15, 0.2) is 0 Å². The van der Waals surface area contributed by atoms with Gasteiger partial charge in [-0.25, -0.2) is 0 Å². The molecule has 0 amide bonds. The Bertz CT molecular complexity index is 779. The van der Waals surface area contributed by atoms with Crippen LogP contribution in [0.3, 0.4) is 0 Å². The summed E-state index contributed by atoms with van der Waals surface area (Å²) in [5, 5.41) is 54.0. The van der Waals surface area contributed by atoms with Crippen LogP contribution >= 0.6 is 0 Å². The van der Waals surface area contributed by atoms with Gasteiger partial charge in [-0.15, -0.1) is 0 Å². The molecule has 0 bridgehead atoms. The van der Waals surface area contributed by atoms with Gasteiger partial charge in [-0.05, 0) is 18.1 Å². The summed E-state index contributed by atoms with van der Waals surface area (Å²) in [6, 6.07) is 15.9. The quantitative estimate of drug-likeness (QED) is 0.557. The number of aliphatic hydroxyl groups excluding tert-OH is 2. The SMILES string of the molecule is Cc1ccc(C2[C@]3(O)C(O)C(c4ccccc4)[C@]3(O)[C@]2(O)CO)cc1. The summed E-state index contributed by atoms with van der Waals surface area (Å²) < 4.78 is 0. The number of hydrogen-bond donors (Lipinski definition) is 5. The van der Waals surface area contributed by atoms with Crippen molar-refractivity contribution < 1.29 is 25.5 Å². The van der Waals surface area contributed by atoms with Crippen LogP contribution in [-0.4, -0.2) is 55.0 Å². The number of aliphatic hydroxyl groups is 5. The molecule has 0 heterocycles. The first-order valence-corrected chi connectivity index (χ1v) is 8.40. The lowest BCUT2D eigenvalue weighted by atomic mass is 9.31. The number of hydrogen-bond acceptors (Lipinski definition) is 5. The molecule has 25 heavy (non-hydrogen) atoms. The van der Waals surface area contributed by atoms with Gasteiger partial charge in [-0.3, -0.25) is 0 Å². The van der Waals surface area contributed by atoms with E-state index < -0.39 is 41.3 Å². The molecule has 5 nitrogen and oxygen atoms in total. The van der Waals surface area contributed by atoms with Crippen molar-refractivity contribution in [3.63, 3.8) is 0 Å². The van der Waals surface area contributed by atoms with E-state index in [-0.39, 0.29) is 0 Å². The molecule has 132 valence electrons. The molecule has 2 fully saturated rings. The largest absolute Gasteiger partial charge is 0.393 e. The molecular weight excluding hydrogens is 320 g/mol. The van der Waals surface area contributed by atoms with Crippen molar-refractivity contribution in [3.05, 3.63) is 71.3 Å². The van der Waals surface area contributed by atoms with Crippen LogP contribution < -0.4 is 0 Å². The van der Waals surface area contributed by atoms with Gasteiger partial charge in [-0.1, -0.05) is 60.2 Å². The van der Waals surface area contributed by atoms with E-state index in [9.17, 15) is 25.5 Å². The van der Waals surface area contributed by atoms with E-state index >= 15 is 0 Å². The predicted octanol–water partition coefficient (Wildman–Crippen LogP) is 0.436. The Balaban J connectivity index is 1.81. The second kappa shape index (κ2) is 5.13. The zero-order valence-corrected chi connectivity index (χ0v) is 13.9. The molecule has 0 aliphatic heterocycles. The fourth-order valence-electron chi connectivity index (χ4n) is 4.96. The van der Waals surface area contributed by atoms with Crippen molar-refractivity contribution in [1.82, 2.24) is 0 Å². The molecule has 5 N–H and O–H groups in total. The molecule has 2 aromatic rings. The van der Waals surface area contributed by atoms with E-state index in [0.29, 0.717) is 11.1 Å². The molecule has 6 atom stereocenters. The van der Waals surface area contributed by atoms with E-state index in [2.05, 4.69) is 0 Å². The summed E-state index contributed by atoms with van der Waals surface area (Å²) in [6.45, 7) is 1.19. The Labute approximate surface area is 145 Å². The Hall–Kier alpha value is -1.76. The van der Waals surface area contributed by atoms with Crippen LogP contribution in [0.2, 0.25) is 0 Å². The zero-order chi connectivity index (χ0) is 18.0. The zero-order valence-electron chi connectivity index (χ0n) is 13.9. The Morgan fingerprint density at radius 2 is 1.48 bits per heavy atom. The smallest absolute Gasteiger partial charge is 0.137 e. The van der Waals surface area contributed by atoms with Gasteiger partial charge < -0.3 is 25.5 Å². The van der Waals surface area contributed by atoms with Gasteiger partial charge in [0, 0.05) is 5.92 Å². The Morgan fingerprint density at radius 1 is 0.880 bits per heavy atom. The lowest BCUT2D eigenvalue weighted by Crippen LogP contribution is -2.98. The van der Waals surface area contributed by atoms with Gasteiger partial charge in [0.1, 0.15) is 16.8 Å². The van der Waals surface area contributed by atoms with Gasteiger partial charge in [-0.2, -0.15) is 0 Å². The molecule has 0 saturated heterocycles. The van der Waals surface area contributed by atoms with E-state index in [0.717, 1.165) is 5.56 Å². The lowest BCUT2D eigenvalue weighted by Gasteiger charge is -2.79. The summed E-state index contributed by atoms with van der Waals surface area (Å²) in [5.74, 6) is -1.86. The Morgan fingerprint density at radius 3 is 2.04 bits per heavy atom. The first kappa shape index (κ1) is 16.7. The highest BCUT2D eigenvalue weighted by molar-refractivity contribution is 5.54. The van der Waals surface area contributed by atoms with Crippen LogP contribution in [0.4, 0.5) is 0 Å². The van der Waals surface area contributed by atoms with Gasteiger partial charge >= 0.3 is 0 Å². The second-order valence-electron chi connectivity index (χ2n) is 7.35. The number of aryl methyl sites for hydroxylation is 1. The van der Waals surface area contributed by atoms with Crippen LogP contribution in [0, 0.1) is 6.92 Å². The summed E-state index contributed by atoms with van der Waals surface area (Å²) in [6.07, 6.45) is -1.25. The molecule has 2 saturated carbocycles. The van der Waals surface area contributed by atoms with E-state index in [4.69, 9.17) is 0 Å². The molecule has 2 aromatic carbocycles. The number of fused-ring (bicyclic) bond motifs is 1. The topological polar surface area (TPSA) is 101 Å². The van der Waals surface area contributed by atoms with Gasteiger partial charge in [0.25, 0.3) is 0 Å². The van der Waals surface area contributed by atoms with E-state index in [1.54, 1.807) is 42.5 Å². The third-order valence-electron chi connectivity index (χ3n) is 6.22. The molecule has 0 spiro atoms. The van der Waals surface area contributed by atoms with E-state index in [1.807, 2.05) is 19.1 Å². The first-order chi connectivity index (χ1) is 11.8. The minimum atomic E-state index is -2.02. The third-order valence-corrected chi connectivity index (χ3v) is 6.22. The average Bonchev–Trinajstić information content (AvgIpc) is 2.63. The maximum Gasteiger partial charge on any atom is 0.137 e. The van der Waals surface area contributed by atoms with Crippen LogP contribution in [0.1, 0.15) is 28.5 Å². The van der Waals surface area contributed by atoms with Crippen molar-refractivity contribution in [1.29, 1.82) is 0 Å².